The molecular weight excluding hydrogens is 265 g/mol. The lowest BCUT2D eigenvalue weighted by Gasteiger charge is -2.09. The van der Waals surface area contributed by atoms with Gasteiger partial charge in [-0.1, -0.05) is 6.07 Å². The molecule has 19 heavy (non-hydrogen) atoms. The number of nitrogen functional groups attached to an aromatic ring is 2. The third-order valence-electron chi connectivity index (χ3n) is 2.38. The zero-order valence-electron chi connectivity index (χ0n) is 10.4. The van der Waals surface area contributed by atoms with Gasteiger partial charge < -0.3 is 16.8 Å². The van der Waals surface area contributed by atoms with Gasteiger partial charge in [-0.2, -0.15) is 0 Å². The van der Waals surface area contributed by atoms with Gasteiger partial charge in [0.1, 0.15) is 17.5 Å². The smallest absolute Gasteiger partial charge is 0.196 e. The molecule has 0 bridgehead atoms. The maximum Gasteiger partial charge on any atom is 0.196 e. The highest BCUT2D eigenvalue weighted by atomic mass is 32.2. The van der Waals surface area contributed by atoms with Crippen molar-refractivity contribution in [2.45, 2.75) is 16.6 Å². The Hall–Kier alpha value is -1.86. The highest BCUT2D eigenvalue weighted by molar-refractivity contribution is 7.99. The second kappa shape index (κ2) is 5.85. The number of rotatable bonds is 4. The normalized spacial score (nSPS) is 10.6. The Balaban J connectivity index is 2.34. The molecule has 0 saturated carbocycles. The maximum absolute atomic E-state index is 13.8. The SMILES string of the molecule is CNCc1c(F)cccc1Sc1nc(N)cc(N)n1. The van der Waals surface area contributed by atoms with Crippen molar-refractivity contribution in [1.82, 2.24) is 15.3 Å². The third kappa shape index (κ3) is 3.33. The molecule has 1 aromatic carbocycles. The number of benzene rings is 1. The number of hydrogen-bond donors (Lipinski definition) is 3. The number of hydrogen-bond acceptors (Lipinski definition) is 6. The fourth-order valence-corrected chi connectivity index (χ4v) is 2.53. The lowest BCUT2D eigenvalue weighted by Crippen LogP contribution is -2.08. The van der Waals surface area contributed by atoms with Crippen LogP contribution >= 0.6 is 11.8 Å². The largest absolute Gasteiger partial charge is 0.383 e. The van der Waals surface area contributed by atoms with Crippen LogP contribution < -0.4 is 16.8 Å². The molecule has 5 nitrogen and oxygen atoms in total. The van der Waals surface area contributed by atoms with Crippen LogP contribution in [0.15, 0.2) is 34.3 Å². The zero-order chi connectivity index (χ0) is 13.8. The second-order valence-corrected chi connectivity index (χ2v) is 4.86. The number of anilines is 2. The Morgan fingerprint density at radius 3 is 2.58 bits per heavy atom. The van der Waals surface area contributed by atoms with Crippen LogP contribution in [0.1, 0.15) is 5.56 Å². The minimum absolute atomic E-state index is 0.267. The van der Waals surface area contributed by atoms with E-state index in [1.54, 1.807) is 13.1 Å². The molecule has 100 valence electrons. The zero-order valence-corrected chi connectivity index (χ0v) is 11.2. The first-order valence-corrected chi connectivity index (χ1v) is 6.41. The Bertz CT molecular complexity index is 570. The van der Waals surface area contributed by atoms with E-state index in [9.17, 15) is 4.39 Å². The minimum atomic E-state index is -0.267. The Labute approximate surface area is 114 Å². The number of halogens is 1. The van der Waals surface area contributed by atoms with Gasteiger partial charge in [-0.15, -0.1) is 0 Å². The molecule has 5 N–H and O–H groups in total. The predicted molar refractivity (Wildman–Crippen MR) is 74.1 cm³/mol. The molecule has 0 atom stereocenters. The van der Waals surface area contributed by atoms with Crippen LogP contribution in [0.2, 0.25) is 0 Å². The Kier molecular flexibility index (Phi) is 4.18. The van der Waals surface area contributed by atoms with Crippen LogP contribution in [0.3, 0.4) is 0 Å². The quantitative estimate of drug-likeness (QED) is 0.737. The summed E-state index contributed by atoms with van der Waals surface area (Å²) < 4.78 is 13.8. The van der Waals surface area contributed by atoms with Crippen LogP contribution in [-0.4, -0.2) is 17.0 Å². The van der Waals surface area contributed by atoms with Crippen molar-refractivity contribution in [2.24, 2.45) is 0 Å². The standard InChI is InChI=1S/C12H14FN5S/c1-16-6-7-8(13)3-2-4-9(7)19-12-17-10(14)5-11(15)18-12/h2-5,16H,6H2,1H3,(H4,14,15,17,18). The third-order valence-corrected chi connectivity index (χ3v) is 3.34. The highest BCUT2D eigenvalue weighted by Gasteiger charge is 2.11. The average Bonchev–Trinajstić information content (AvgIpc) is 2.32. The molecule has 0 aliphatic rings. The van der Waals surface area contributed by atoms with Gasteiger partial charge in [0.15, 0.2) is 5.16 Å². The predicted octanol–water partition coefficient (Wildman–Crippen LogP) is 1.65. The van der Waals surface area contributed by atoms with Gasteiger partial charge in [0.25, 0.3) is 0 Å². The molecule has 0 amide bonds. The van der Waals surface area contributed by atoms with E-state index in [0.717, 1.165) is 4.90 Å². The minimum Gasteiger partial charge on any atom is -0.383 e. The van der Waals surface area contributed by atoms with Crippen LogP contribution in [0, 0.1) is 5.82 Å². The summed E-state index contributed by atoms with van der Waals surface area (Å²) in [5.41, 5.74) is 11.8. The number of nitrogens with one attached hydrogen (secondary N) is 1. The monoisotopic (exact) mass is 279 g/mol. The fourth-order valence-electron chi connectivity index (χ4n) is 1.59. The maximum atomic E-state index is 13.8. The van der Waals surface area contributed by atoms with E-state index < -0.39 is 0 Å². The summed E-state index contributed by atoms with van der Waals surface area (Å²) in [4.78, 5) is 8.87. The summed E-state index contributed by atoms with van der Waals surface area (Å²) in [7, 11) is 1.76. The summed E-state index contributed by atoms with van der Waals surface area (Å²) in [5, 5.41) is 3.33. The molecule has 2 rings (SSSR count). The topological polar surface area (TPSA) is 89.8 Å². The first kappa shape index (κ1) is 13.6. The molecule has 0 aliphatic carbocycles. The lowest BCUT2D eigenvalue weighted by atomic mass is 10.2. The Morgan fingerprint density at radius 2 is 1.95 bits per heavy atom. The summed E-state index contributed by atoms with van der Waals surface area (Å²) >= 11 is 1.23. The summed E-state index contributed by atoms with van der Waals surface area (Å²) in [6.07, 6.45) is 0. The first-order chi connectivity index (χ1) is 9.10. The molecule has 0 fully saturated rings. The van der Waals surface area contributed by atoms with Gasteiger partial charge >= 0.3 is 0 Å². The van der Waals surface area contributed by atoms with Gasteiger partial charge in [-0.25, -0.2) is 14.4 Å². The van der Waals surface area contributed by atoms with E-state index in [-0.39, 0.29) is 5.82 Å². The fraction of sp³-hybridized carbons (Fsp3) is 0.167. The van der Waals surface area contributed by atoms with Crippen molar-refractivity contribution >= 4 is 23.4 Å². The van der Waals surface area contributed by atoms with Gasteiger partial charge in [0, 0.05) is 23.1 Å². The molecule has 0 spiro atoms. The number of nitrogens with two attached hydrogens (primary N) is 2. The highest BCUT2D eigenvalue weighted by Crippen LogP contribution is 2.30. The molecule has 0 radical (unpaired) electrons. The average molecular weight is 279 g/mol. The molecule has 1 aromatic heterocycles. The Morgan fingerprint density at radius 1 is 1.26 bits per heavy atom. The van der Waals surface area contributed by atoms with Crippen molar-refractivity contribution in [2.75, 3.05) is 18.5 Å². The van der Waals surface area contributed by atoms with Gasteiger partial charge in [0.05, 0.1) is 0 Å². The lowest BCUT2D eigenvalue weighted by molar-refractivity contribution is 0.593. The number of aromatic nitrogens is 2. The van der Waals surface area contributed by atoms with Crippen molar-refractivity contribution < 1.29 is 4.39 Å². The van der Waals surface area contributed by atoms with Gasteiger partial charge in [-0.3, -0.25) is 0 Å². The molecule has 0 unspecified atom stereocenters. The molecule has 2 aromatic rings. The molecular formula is C12H14FN5S. The van der Waals surface area contributed by atoms with E-state index in [2.05, 4.69) is 15.3 Å². The van der Waals surface area contributed by atoms with E-state index in [1.807, 2.05) is 6.07 Å². The van der Waals surface area contributed by atoms with Crippen LogP contribution in [-0.2, 0) is 6.54 Å². The van der Waals surface area contributed by atoms with E-state index >= 15 is 0 Å². The second-order valence-electron chi connectivity index (χ2n) is 3.85. The number of nitrogens with zero attached hydrogens (tertiary/aromatic N) is 2. The van der Waals surface area contributed by atoms with E-state index in [0.29, 0.717) is 28.9 Å². The van der Waals surface area contributed by atoms with Crippen molar-refractivity contribution in [1.29, 1.82) is 0 Å². The van der Waals surface area contributed by atoms with Crippen LogP contribution in [0.5, 0.6) is 0 Å². The summed E-state index contributed by atoms with van der Waals surface area (Å²) in [6, 6.07) is 6.35. The molecule has 0 saturated heterocycles. The van der Waals surface area contributed by atoms with Crippen LogP contribution in [0.4, 0.5) is 16.0 Å². The molecule has 0 aliphatic heterocycles. The van der Waals surface area contributed by atoms with Gasteiger partial charge in [0.2, 0.25) is 0 Å². The van der Waals surface area contributed by atoms with Crippen LogP contribution in [0.25, 0.3) is 0 Å². The van der Waals surface area contributed by atoms with Crippen molar-refractivity contribution in [3.05, 3.63) is 35.6 Å². The van der Waals surface area contributed by atoms with E-state index in [4.69, 9.17) is 11.5 Å². The van der Waals surface area contributed by atoms with Gasteiger partial charge in [-0.05, 0) is 30.9 Å². The summed E-state index contributed by atoms with van der Waals surface area (Å²) in [6.45, 7) is 0.423. The first-order valence-electron chi connectivity index (χ1n) is 5.60. The summed E-state index contributed by atoms with van der Waals surface area (Å²) in [5.74, 6) is 0.319. The molecule has 1 heterocycles. The molecule has 7 heteroatoms. The van der Waals surface area contributed by atoms with Crippen molar-refractivity contribution in [3.63, 3.8) is 0 Å². The van der Waals surface area contributed by atoms with E-state index in [1.165, 1.54) is 23.9 Å². The van der Waals surface area contributed by atoms with Crippen molar-refractivity contribution in [3.8, 4) is 0 Å².